The number of quaternary nitrogens is 1. The van der Waals surface area contributed by atoms with E-state index >= 15 is 0 Å². The lowest BCUT2D eigenvalue weighted by Crippen LogP contribution is -2.45. The van der Waals surface area contributed by atoms with Crippen LogP contribution in [0.2, 0.25) is 0 Å². The fraction of sp³-hybridized carbons (Fsp3) is 0.786. The van der Waals surface area contributed by atoms with Crippen LogP contribution < -0.4 is 10.2 Å². The summed E-state index contributed by atoms with van der Waals surface area (Å²) in [6.07, 6.45) is 41.5. The average molecular weight is 739 g/mol. The monoisotopic (exact) mass is 739 g/mol. The van der Waals surface area contributed by atoms with Gasteiger partial charge in [0.15, 0.2) is 0 Å². The van der Waals surface area contributed by atoms with Crippen LogP contribution >= 0.6 is 7.82 Å². The van der Waals surface area contributed by atoms with Crippen molar-refractivity contribution in [3.05, 3.63) is 48.6 Å². The summed E-state index contributed by atoms with van der Waals surface area (Å²) < 4.78 is 23.1. The van der Waals surface area contributed by atoms with Crippen molar-refractivity contribution < 1.29 is 32.9 Å². The Morgan fingerprint density at radius 1 is 0.706 bits per heavy atom. The molecule has 0 spiro atoms. The molecule has 0 aromatic rings. The van der Waals surface area contributed by atoms with Gasteiger partial charge >= 0.3 is 0 Å². The van der Waals surface area contributed by atoms with Crippen molar-refractivity contribution in [3.63, 3.8) is 0 Å². The molecule has 0 rings (SSSR count). The third kappa shape index (κ3) is 36.6. The zero-order valence-electron chi connectivity index (χ0n) is 33.5. The van der Waals surface area contributed by atoms with Crippen LogP contribution in [-0.2, 0) is 18.4 Å². The van der Waals surface area contributed by atoms with Crippen LogP contribution in [0, 0.1) is 0 Å². The number of aliphatic hydroxyl groups is 1. The molecule has 0 radical (unpaired) electrons. The van der Waals surface area contributed by atoms with E-state index in [0.717, 1.165) is 77.0 Å². The number of nitrogens with one attached hydrogen (secondary N) is 1. The van der Waals surface area contributed by atoms with Crippen LogP contribution in [0.3, 0.4) is 0 Å². The molecule has 2 N–H and O–H groups in total. The number of rotatable bonds is 36. The van der Waals surface area contributed by atoms with Gasteiger partial charge in [-0.25, -0.2) is 0 Å². The molecular weight excluding hydrogens is 659 g/mol. The number of nitrogens with zero attached hydrogens (tertiary/aromatic N) is 1. The minimum Gasteiger partial charge on any atom is -0.756 e. The molecule has 0 heterocycles. The highest BCUT2D eigenvalue weighted by Gasteiger charge is 2.23. The number of unbranched alkanes of at least 4 members (excludes halogenated alkanes) is 17. The number of allylic oxidation sites excluding steroid dienone is 7. The number of likely N-dealkylation sites (N-methyl/N-ethyl adjacent to an activating group) is 1. The van der Waals surface area contributed by atoms with Crippen molar-refractivity contribution in [3.8, 4) is 0 Å². The molecule has 3 atom stereocenters. The normalized spacial score (nSPS) is 15.0. The predicted octanol–water partition coefficient (Wildman–Crippen LogP) is 10.3. The zero-order chi connectivity index (χ0) is 37.9. The molecule has 0 aliphatic rings. The van der Waals surface area contributed by atoms with Crippen molar-refractivity contribution in [1.29, 1.82) is 0 Å². The summed E-state index contributed by atoms with van der Waals surface area (Å²) >= 11 is 0. The van der Waals surface area contributed by atoms with Crippen molar-refractivity contribution >= 4 is 13.7 Å². The van der Waals surface area contributed by atoms with E-state index in [1.54, 1.807) is 6.08 Å². The van der Waals surface area contributed by atoms with Gasteiger partial charge < -0.3 is 28.8 Å². The number of amides is 1. The highest BCUT2D eigenvalue weighted by atomic mass is 31.2. The Balaban J connectivity index is 4.53. The third-order valence-electron chi connectivity index (χ3n) is 8.79. The van der Waals surface area contributed by atoms with Gasteiger partial charge in [-0.15, -0.1) is 0 Å². The SMILES string of the molecule is CC/C=C\C/C=C\C/C=C\CCCCCCCC(=O)NC(COP(=O)([O-])OCC[N+](C)(C)C)C(O)/C=C/CCCCCCCCCCCCCC. The molecule has 8 nitrogen and oxygen atoms in total. The third-order valence-corrected chi connectivity index (χ3v) is 9.76. The Morgan fingerprint density at radius 3 is 1.75 bits per heavy atom. The second-order valence-corrected chi connectivity index (χ2v) is 16.4. The molecule has 3 unspecified atom stereocenters. The number of phosphoric acid groups is 1. The molecule has 298 valence electrons. The van der Waals surface area contributed by atoms with Gasteiger partial charge in [0, 0.05) is 6.42 Å². The molecule has 9 heteroatoms. The van der Waals surface area contributed by atoms with Crippen molar-refractivity contribution in [2.24, 2.45) is 0 Å². The maximum Gasteiger partial charge on any atom is 0.268 e. The second kappa shape index (κ2) is 34.2. The first-order chi connectivity index (χ1) is 24.5. The standard InChI is InChI=1S/C42H79N2O6P/c1-6-8-10-12-14-16-18-20-22-24-26-28-30-32-34-36-42(46)43-40(39-50-51(47,48)49-38-37-44(3,4)5)41(45)35-33-31-29-27-25-23-21-19-17-15-13-11-9-7-2/h8,10,14,16,20,22,33,35,40-41,45H,6-7,9,11-13,15,17-19,21,23-32,34,36-39H2,1-5H3,(H-,43,46,47,48)/b10-8-,16-14-,22-20-,35-33+. The highest BCUT2D eigenvalue weighted by Crippen LogP contribution is 2.38. The van der Waals surface area contributed by atoms with Gasteiger partial charge in [-0.1, -0.05) is 152 Å². The zero-order valence-corrected chi connectivity index (χ0v) is 34.4. The van der Waals surface area contributed by atoms with E-state index < -0.39 is 20.0 Å². The van der Waals surface area contributed by atoms with Gasteiger partial charge in [0.2, 0.25) is 5.91 Å². The number of carbonyl (C=O) groups excluding carboxylic acids is 1. The van der Waals surface area contributed by atoms with Crippen molar-refractivity contribution in [2.45, 2.75) is 174 Å². The lowest BCUT2D eigenvalue weighted by atomic mass is 10.0. The first-order valence-electron chi connectivity index (χ1n) is 20.5. The Kier molecular flexibility index (Phi) is 33.2. The van der Waals surface area contributed by atoms with Gasteiger partial charge in [-0.2, -0.15) is 0 Å². The first-order valence-corrected chi connectivity index (χ1v) is 22.0. The second-order valence-electron chi connectivity index (χ2n) is 15.0. The average Bonchev–Trinajstić information content (AvgIpc) is 3.07. The van der Waals surface area contributed by atoms with Gasteiger partial charge in [-0.3, -0.25) is 9.36 Å². The van der Waals surface area contributed by atoms with Crippen LogP contribution in [0.4, 0.5) is 0 Å². The largest absolute Gasteiger partial charge is 0.756 e. The van der Waals surface area contributed by atoms with Gasteiger partial charge in [0.05, 0.1) is 39.9 Å². The maximum atomic E-state index is 12.8. The lowest BCUT2D eigenvalue weighted by Gasteiger charge is -2.29. The van der Waals surface area contributed by atoms with E-state index in [0.29, 0.717) is 17.4 Å². The van der Waals surface area contributed by atoms with Gasteiger partial charge in [0.25, 0.3) is 7.82 Å². The Bertz CT molecular complexity index is 975. The van der Waals surface area contributed by atoms with Crippen LogP contribution in [0.1, 0.15) is 162 Å². The summed E-state index contributed by atoms with van der Waals surface area (Å²) in [4.78, 5) is 25.2. The number of carbonyl (C=O) groups is 1. The van der Waals surface area contributed by atoms with Crippen LogP contribution in [0.5, 0.6) is 0 Å². The summed E-state index contributed by atoms with van der Waals surface area (Å²) in [5.74, 6) is -0.218. The van der Waals surface area contributed by atoms with E-state index in [2.05, 4.69) is 55.6 Å². The Hall–Kier alpha value is -1.54. The van der Waals surface area contributed by atoms with Crippen molar-refractivity contribution in [1.82, 2.24) is 5.32 Å². The van der Waals surface area contributed by atoms with E-state index in [9.17, 15) is 19.4 Å². The van der Waals surface area contributed by atoms with E-state index in [-0.39, 0.29) is 19.1 Å². The first kappa shape index (κ1) is 49.5. The summed E-state index contributed by atoms with van der Waals surface area (Å²) in [7, 11) is 1.24. The molecule has 0 aromatic carbocycles. The molecule has 1 amide bonds. The van der Waals surface area contributed by atoms with Crippen LogP contribution in [0.15, 0.2) is 48.6 Å². The Morgan fingerprint density at radius 2 is 1.20 bits per heavy atom. The molecule has 0 aliphatic carbocycles. The topological polar surface area (TPSA) is 108 Å². The fourth-order valence-electron chi connectivity index (χ4n) is 5.52. The lowest BCUT2D eigenvalue weighted by molar-refractivity contribution is -0.870. The number of hydrogen-bond donors (Lipinski definition) is 2. The van der Waals surface area contributed by atoms with E-state index in [1.165, 1.54) is 64.2 Å². The van der Waals surface area contributed by atoms with Gasteiger partial charge in [-0.05, 0) is 51.4 Å². The summed E-state index contributed by atoms with van der Waals surface area (Å²) in [5.41, 5.74) is 0. The van der Waals surface area contributed by atoms with E-state index in [4.69, 9.17) is 9.05 Å². The summed E-state index contributed by atoms with van der Waals surface area (Å²) in [5, 5.41) is 13.7. The summed E-state index contributed by atoms with van der Waals surface area (Å²) in [6.45, 7) is 4.49. The molecule has 51 heavy (non-hydrogen) atoms. The molecular formula is C42H79N2O6P. The fourth-order valence-corrected chi connectivity index (χ4v) is 6.24. The highest BCUT2D eigenvalue weighted by molar-refractivity contribution is 7.45. The van der Waals surface area contributed by atoms with Crippen LogP contribution in [0.25, 0.3) is 0 Å². The molecule has 0 bridgehead atoms. The smallest absolute Gasteiger partial charge is 0.268 e. The summed E-state index contributed by atoms with van der Waals surface area (Å²) in [6, 6.07) is -0.894. The minimum atomic E-state index is -4.59. The van der Waals surface area contributed by atoms with E-state index in [1.807, 2.05) is 27.2 Å². The molecule has 0 aliphatic heterocycles. The molecule has 0 fully saturated rings. The number of phosphoric ester groups is 1. The van der Waals surface area contributed by atoms with Crippen molar-refractivity contribution in [2.75, 3.05) is 40.9 Å². The van der Waals surface area contributed by atoms with Gasteiger partial charge in [0.1, 0.15) is 13.2 Å². The van der Waals surface area contributed by atoms with Crippen LogP contribution in [-0.4, -0.2) is 68.5 Å². The maximum absolute atomic E-state index is 12.8. The molecule has 0 saturated heterocycles. The number of aliphatic hydroxyl groups excluding tert-OH is 1. The quantitative estimate of drug-likeness (QED) is 0.0287. The number of hydrogen-bond acceptors (Lipinski definition) is 6. The minimum absolute atomic E-state index is 0.00631. The molecule has 0 aromatic heterocycles. The predicted molar refractivity (Wildman–Crippen MR) is 214 cm³/mol. The molecule has 0 saturated carbocycles. The Labute approximate surface area is 314 Å².